The van der Waals surface area contributed by atoms with E-state index in [-0.39, 0.29) is 16.7 Å². The van der Waals surface area contributed by atoms with Crippen molar-refractivity contribution in [1.82, 2.24) is 9.88 Å². The Morgan fingerprint density at radius 1 is 1.11 bits per heavy atom. The fourth-order valence-corrected chi connectivity index (χ4v) is 4.64. The number of amides is 1. The molecule has 1 aromatic carbocycles. The molecule has 28 heavy (non-hydrogen) atoms. The Morgan fingerprint density at radius 3 is 2.46 bits per heavy atom. The van der Waals surface area contributed by atoms with Crippen molar-refractivity contribution >= 4 is 38.7 Å². The molecule has 3 heterocycles. The fraction of sp³-hybridized carbons (Fsp3) is 0.222. The average Bonchev–Trinajstić information content (AvgIpc) is 3.38. The van der Waals surface area contributed by atoms with Crippen molar-refractivity contribution in [2.45, 2.75) is 0 Å². The molecule has 0 unspecified atom stereocenters. The molecular weight excluding hydrogens is 403 g/mol. The predicted molar refractivity (Wildman–Crippen MR) is 107 cm³/mol. The van der Waals surface area contributed by atoms with Gasteiger partial charge in [0.2, 0.25) is 0 Å². The molecule has 0 bridgehead atoms. The number of thiazole rings is 1. The monoisotopic (exact) mass is 418 g/mol. The number of aromatic nitrogens is 1. The largest absolute Gasteiger partial charge is 0.345 e. The summed E-state index contributed by atoms with van der Waals surface area (Å²) in [6.45, 7) is 2.32. The van der Waals surface area contributed by atoms with Crippen molar-refractivity contribution < 1.29 is 14.1 Å². The summed E-state index contributed by atoms with van der Waals surface area (Å²) >= 11 is 2.41. The Balaban J connectivity index is 1.39. The van der Waals surface area contributed by atoms with Crippen LogP contribution in [0.4, 0.5) is 14.5 Å². The highest BCUT2D eigenvalue weighted by Gasteiger charge is 2.26. The molecule has 1 amide bonds. The molecule has 10 heteroatoms. The number of hydrogen-bond acceptors (Lipinski definition) is 7. The quantitative estimate of drug-likeness (QED) is 0.475. The summed E-state index contributed by atoms with van der Waals surface area (Å²) in [4.78, 5) is 31.7. The maximum atomic E-state index is 13.1. The molecule has 7 nitrogen and oxygen atoms in total. The number of piperazine rings is 1. The van der Waals surface area contributed by atoms with Gasteiger partial charge < -0.3 is 9.80 Å². The van der Waals surface area contributed by atoms with Gasteiger partial charge in [-0.25, -0.2) is 9.37 Å². The lowest BCUT2D eigenvalue weighted by Crippen LogP contribution is -2.48. The van der Waals surface area contributed by atoms with Crippen LogP contribution in [0, 0.1) is 15.9 Å². The Bertz CT molecular complexity index is 1010. The van der Waals surface area contributed by atoms with Crippen LogP contribution in [-0.2, 0) is 0 Å². The van der Waals surface area contributed by atoms with Crippen molar-refractivity contribution in [1.29, 1.82) is 0 Å². The van der Waals surface area contributed by atoms with Crippen molar-refractivity contribution in [3.8, 4) is 11.3 Å². The van der Waals surface area contributed by atoms with Crippen LogP contribution in [0.3, 0.4) is 0 Å². The molecular formula is C18H15FN4O3S2. The number of rotatable bonds is 4. The molecule has 2 aromatic heterocycles. The van der Waals surface area contributed by atoms with E-state index in [2.05, 4.69) is 9.88 Å². The van der Waals surface area contributed by atoms with Crippen LogP contribution < -0.4 is 4.90 Å². The molecule has 0 N–H and O–H groups in total. The lowest BCUT2D eigenvalue weighted by Gasteiger charge is -2.34. The molecule has 3 aromatic rings. The van der Waals surface area contributed by atoms with Crippen LogP contribution in [0.5, 0.6) is 0 Å². The van der Waals surface area contributed by atoms with E-state index in [1.165, 1.54) is 35.6 Å². The number of hydrogen-bond donors (Lipinski definition) is 0. The van der Waals surface area contributed by atoms with Gasteiger partial charge in [-0.2, -0.15) is 0 Å². The van der Waals surface area contributed by atoms with E-state index in [0.29, 0.717) is 31.1 Å². The SMILES string of the molecule is O=C(c1ccc([N+](=O)[O-])s1)N1CCN(c2nc(-c3ccc(F)cc3)cs2)CC1. The Morgan fingerprint density at radius 2 is 1.82 bits per heavy atom. The molecule has 0 atom stereocenters. The molecule has 1 fully saturated rings. The first-order chi connectivity index (χ1) is 13.5. The number of thiophene rings is 1. The molecule has 1 saturated heterocycles. The number of halogens is 1. The van der Waals surface area contributed by atoms with Crippen LogP contribution in [0.2, 0.25) is 0 Å². The van der Waals surface area contributed by atoms with Gasteiger partial charge in [-0.1, -0.05) is 11.3 Å². The van der Waals surface area contributed by atoms with Gasteiger partial charge in [0.15, 0.2) is 5.13 Å². The van der Waals surface area contributed by atoms with Crippen LogP contribution in [0.15, 0.2) is 41.8 Å². The third kappa shape index (κ3) is 3.73. The van der Waals surface area contributed by atoms with Crippen LogP contribution in [0.25, 0.3) is 11.3 Å². The minimum Gasteiger partial charge on any atom is -0.345 e. The van der Waals surface area contributed by atoms with Gasteiger partial charge in [-0.15, -0.1) is 11.3 Å². The minimum atomic E-state index is -0.486. The molecule has 0 aliphatic carbocycles. The first-order valence-electron chi connectivity index (χ1n) is 8.51. The summed E-state index contributed by atoms with van der Waals surface area (Å²) in [6.07, 6.45) is 0. The summed E-state index contributed by atoms with van der Waals surface area (Å²) < 4.78 is 13.1. The number of carbonyl (C=O) groups excluding carboxylic acids is 1. The van der Waals surface area contributed by atoms with Gasteiger partial charge in [-0.05, 0) is 30.3 Å². The second kappa shape index (κ2) is 7.64. The van der Waals surface area contributed by atoms with Crippen molar-refractivity contribution in [2.75, 3.05) is 31.1 Å². The zero-order valence-corrected chi connectivity index (χ0v) is 16.2. The predicted octanol–water partition coefficient (Wildman–Crippen LogP) is 3.88. The van der Waals surface area contributed by atoms with Gasteiger partial charge in [-0.3, -0.25) is 14.9 Å². The maximum Gasteiger partial charge on any atom is 0.324 e. The van der Waals surface area contributed by atoms with Gasteiger partial charge in [0.05, 0.1) is 15.5 Å². The van der Waals surface area contributed by atoms with E-state index < -0.39 is 4.92 Å². The Labute approximate surface area is 167 Å². The third-order valence-electron chi connectivity index (χ3n) is 4.45. The topological polar surface area (TPSA) is 79.6 Å². The number of anilines is 1. The minimum absolute atomic E-state index is 0.0295. The fourth-order valence-electron chi connectivity index (χ4n) is 2.96. The van der Waals surface area contributed by atoms with Crippen LogP contribution in [0.1, 0.15) is 9.67 Å². The van der Waals surface area contributed by atoms with Gasteiger partial charge >= 0.3 is 5.00 Å². The van der Waals surface area contributed by atoms with Crippen molar-refractivity contribution in [3.63, 3.8) is 0 Å². The summed E-state index contributed by atoms with van der Waals surface area (Å²) in [6, 6.07) is 9.09. The number of nitro groups is 1. The summed E-state index contributed by atoms with van der Waals surface area (Å²) in [5.74, 6) is -0.458. The maximum absolute atomic E-state index is 13.1. The van der Waals surface area contributed by atoms with Gasteiger partial charge in [0, 0.05) is 43.2 Å². The standard InChI is InChI=1S/C18H15FN4O3S2/c19-13-3-1-12(2-4-13)14-11-27-18(20-14)22-9-7-21(8-10-22)17(24)15-5-6-16(28-15)23(25)26/h1-6,11H,7-10H2. The number of carbonyl (C=O) groups is 1. The molecule has 0 saturated carbocycles. The highest BCUT2D eigenvalue weighted by Crippen LogP contribution is 2.29. The van der Waals surface area contributed by atoms with E-state index >= 15 is 0 Å². The molecule has 1 aliphatic rings. The van der Waals surface area contributed by atoms with Crippen molar-refractivity contribution in [2.24, 2.45) is 0 Å². The van der Waals surface area contributed by atoms with Gasteiger partial charge in [0.1, 0.15) is 5.82 Å². The third-order valence-corrected chi connectivity index (χ3v) is 6.38. The number of nitrogens with zero attached hydrogens (tertiary/aromatic N) is 4. The summed E-state index contributed by atoms with van der Waals surface area (Å²) in [7, 11) is 0. The highest BCUT2D eigenvalue weighted by molar-refractivity contribution is 7.17. The van der Waals surface area contributed by atoms with Gasteiger partial charge in [0.25, 0.3) is 5.91 Å². The first kappa shape index (κ1) is 18.5. The lowest BCUT2D eigenvalue weighted by atomic mass is 10.2. The second-order valence-electron chi connectivity index (χ2n) is 6.20. The van der Waals surface area contributed by atoms with E-state index in [4.69, 9.17) is 0 Å². The van der Waals surface area contributed by atoms with E-state index in [9.17, 15) is 19.3 Å². The molecule has 0 radical (unpaired) electrons. The second-order valence-corrected chi connectivity index (χ2v) is 8.10. The lowest BCUT2D eigenvalue weighted by molar-refractivity contribution is -0.380. The number of benzene rings is 1. The molecule has 144 valence electrons. The molecule has 4 rings (SSSR count). The van der Waals surface area contributed by atoms with E-state index in [0.717, 1.165) is 27.7 Å². The Hall–Kier alpha value is -2.85. The Kier molecular flexibility index (Phi) is 5.05. The normalized spacial score (nSPS) is 14.3. The van der Waals surface area contributed by atoms with Crippen LogP contribution >= 0.6 is 22.7 Å². The van der Waals surface area contributed by atoms with Crippen molar-refractivity contribution in [3.05, 3.63) is 62.6 Å². The first-order valence-corrected chi connectivity index (χ1v) is 10.2. The molecule has 1 aliphatic heterocycles. The summed E-state index contributed by atoms with van der Waals surface area (Å²) in [5, 5.41) is 13.6. The van der Waals surface area contributed by atoms with E-state index in [1.54, 1.807) is 17.0 Å². The molecule has 0 spiro atoms. The zero-order chi connectivity index (χ0) is 19.7. The smallest absolute Gasteiger partial charge is 0.324 e. The average molecular weight is 418 g/mol. The highest BCUT2D eigenvalue weighted by atomic mass is 32.1. The summed E-state index contributed by atoms with van der Waals surface area (Å²) in [5.41, 5.74) is 1.65. The van der Waals surface area contributed by atoms with E-state index in [1.807, 2.05) is 5.38 Å². The zero-order valence-electron chi connectivity index (χ0n) is 14.6. The van der Waals surface area contributed by atoms with Crippen LogP contribution in [-0.4, -0.2) is 46.9 Å².